The van der Waals surface area contributed by atoms with Crippen LogP contribution in [0.5, 0.6) is 0 Å². The van der Waals surface area contributed by atoms with Gasteiger partial charge in [0.15, 0.2) is 5.76 Å². The molecule has 0 aliphatic rings. The first-order chi connectivity index (χ1) is 12.8. The predicted octanol–water partition coefficient (Wildman–Crippen LogP) is 4.50. The molecule has 0 saturated heterocycles. The largest absolute Gasteiger partial charge is 0.463 e. The number of pyridine rings is 2. The molecule has 0 aliphatic heterocycles. The highest BCUT2D eigenvalue weighted by atomic mass is 19.1. The van der Waals surface area contributed by atoms with E-state index in [1.165, 1.54) is 6.20 Å². The fraction of sp³-hybridized carbons (Fsp3) is 0.0500. The molecular weight excluding hydrogens is 331 g/mol. The van der Waals surface area contributed by atoms with Crippen LogP contribution in [-0.2, 0) is 6.42 Å². The summed E-state index contributed by atoms with van der Waals surface area (Å²) in [6.07, 6.45) is 5.14. The average Bonchev–Trinajstić information content (AvgIpc) is 3.33. The van der Waals surface area contributed by atoms with Gasteiger partial charge in [-0.2, -0.15) is 5.10 Å². The molecule has 5 aromatic rings. The molecule has 6 heteroatoms. The molecule has 1 N–H and O–H groups in total. The van der Waals surface area contributed by atoms with E-state index >= 15 is 0 Å². The van der Waals surface area contributed by atoms with Crippen molar-refractivity contribution >= 4 is 21.8 Å². The average molecular weight is 344 g/mol. The monoisotopic (exact) mass is 344 g/mol. The van der Waals surface area contributed by atoms with Crippen molar-refractivity contribution < 1.29 is 8.81 Å². The number of nitrogens with one attached hydrogen (secondary N) is 1. The van der Waals surface area contributed by atoms with Gasteiger partial charge in [-0.05, 0) is 35.9 Å². The number of hydrogen-bond acceptors (Lipinski definition) is 4. The van der Waals surface area contributed by atoms with Gasteiger partial charge in [-0.25, -0.2) is 9.37 Å². The Morgan fingerprint density at radius 3 is 2.88 bits per heavy atom. The van der Waals surface area contributed by atoms with Crippen molar-refractivity contribution in [3.05, 3.63) is 78.2 Å². The number of rotatable bonds is 3. The van der Waals surface area contributed by atoms with E-state index in [2.05, 4.69) is 20.2 Å². The molecule has 4 heterocycles. The molecule has 0 spiro atoms. The number of hydrogen-bond donors (Lipinski definition) is 1. The van der Waals surface area contributed by atoms with E-state index in [1.54, 1.807) is 18.5 Å². The first kappa shape index (κ1) is 14.8. The lowest BCUT2D eigenvalue weighted by Crippen LogP contribution is -1.94. The second-order valence-electron chi connectivity index (χ2n) is 6.06. The van der Waals surface area contributed by atoms with E-state index in [4.69, 9.17) is 4.42 Å². The standard InChI is InChI=1S/C20H13FN4O/c21-15-11-23-19(18-4-2-8-26-18)13-6-5-12(9-14(13)15)10-17-20-16(24-25-17)3-1-7-22-20/h1-9,11H,10H2,(H,24,25). The van der Waals surface area contributed by atoms with Crippen LogP contribution in [0.25, 0.3) is 33.3 Å². The van der Waals surface area contributed by atoms with E-state index in [0.717, 1.165) is 27.7 Å². The molecule has 0 unspecified atom stereocenters. The normalized spacial score (nSPS) is 11.4. The molecule has 0 radical (unpaired) electrons. The summed E-state index contributed by atoms with van der Waals surface area (Å²) < 4.78 is 19.8. The van der Waals surface area contributed by atoms with Crippen LogP contribution in [0.4, 0.5) is 4.39 Å². The van der Waals surface area contributed by atoms with Gasteiger partial charge in [0, 0.05) is 23.4 Å². The molecular formula is C20H13FN4O. The molecule has 1 aromatic carbocycles. The second-order valence-corrected chi connectivity index (χ2v) is 6.06. The molecule has 5 nitrogen and oxygen atoms in total. The molecule has 0 aliphatic carbocycles. The maximum atomic E-state index is 14.4. The number of halogens is 1. The van der Waals surface area contributed by atoms with Crippen molar-refractivity contribution in [2.75, 3.05) is 0 Å². The number of H-pyrrole nitrogens is 1. The second kappa shape index (κ2) is 5.77. The number of benzene rings is 1. The van der Waals surface area contributed by atoms with E-state index in [-0.39, 0.29) is 5.82 Å². The summed E-state index contributed by atoms with van der Waals surface area (Å²) in [5.41, 5.74) is 4.15. The SMILES string of the molecule is Fc1cnc(-c2ccco2)c2ccc(Cc3[nH]nc4cccnc34)cc12. The lowest BCUT2D eigenvalue weighted by Gasteiger charge is -2.07. The Balaban J connectivity index is 1.61. The summed E-state index contributed by atoms with van der Waals surface area (Å²) in [4.78, 5) is 8.58. The molecule has 0 saturated carbocycles. The Kier molecular flexibility index (Phi) is 3.28. The van der Waals surface area contributed by atoms with Crippen molar-refractivity contribution in [3.63, 3.8) is 0 Å². The van der Waals surface area contributed by atoms with Crippen LogP contribution in [-0.4, -0.2) is 20.2 Å². The Morgan fingerprint density at radius 1 is 1.04 bits per heavy atom. The van der Waals surface area contributed by atoms with Gasteiger partial charge in [0.1, 0.15) is 22.5 Å². The third-order valence-electron chi connectivity index (χ3n) is 4.42. The fourth-order valence-corrected chi connectivity index (χ4v) is 3.20. The Bertz CT molecular complexity index is 1230. The van der Waals surface area contributed by atoms with Crippen LogP contribution in [0.3, 0.4) is 0 Å². The molecule has 126 valence electrons. The summed E-state index contributed by atoms with van der Waals surface area (Å²) in [5, 5.41) is 8.52. The van der Waals surface area contributed by atoms with E-state index in [9.17, 15) is 4.39 Å². The number of furan rings is 1. The summed E-state index contributed by atoms with van der Waals surface area (Å²) in [6, 6.07) is 13.0. The van der Waals surface area contributed by atoms with Gasteiger partial charge < -0.3 is 4.42 Å². The van der Waals surface area contributed by atoms with Crippen LogP contribution in [0, 0.1) is 5.82 Å². The summed E-state index contributed by atoms with van der Waals surface area (Å²) in [6.45, 7) is 0. The number of nitrogens with zero attached hydrogens (tertiary/aromatic N) is 3. The van der Waals surface area contributed by atoms with Gasteiger partial charge in [-0.1, -0.05) is 12.1 Å². The summed E-state index contributed by atoms with van der Waals surface area (Å²) in [7, 11) is 0. The maximum absolute atomic E-state index is 14.4. The zero-order valence-electron chi connectivity index (χ0n) is 13.6. The van der Waals surface area contributed by atoms with Crippen molar-refractivity contribution in [2.24, 2.45) is 0 Å². The topological polar surface area (TPSA) is 67.6 Å². The number of fused-ring (bicyclic) bond motifs is 2. The van der Waals surface area contributed by atoms with Crippen molar-refractivity contribution in [1.82, 2.24) is 20.2 Å². The molecule has 4 aromatic heterocycles. The first-order valence-corrected chi connectivity index (χ1v) is 8.18. The third-order valence-corrected chi connectivity index (χ3v) is 4.42. The molecule has 26 heavy (non-hydrogen) atoms. The smallest absolute Gasteiger partial charge is 0.152 e. The van der Waals surface area contributed by atoms with Crippen LogP contribution < -0.4 is 0 Å². The number of aromatic nitrogens is 4. The van der Waals surface area contributed by atoms with Crippen LogP contribution in [0.2, 0.25) is 0 Å². The fourth-order valence-electron chi connectivity index (χ4n) is 3.20. The Hall–Kier alpha value is -3.54. The van der Waals surface area contributed by atoms with Gasteiger partial charge in [-0.15, -0.1) is 0 Å². The lowest BCUT2D eigenvalue weighted by molar-refractivity contribution is 0.580. The molecule has 0 fully saturated rings. The van der Waals surface area contributed by atoms with Crippen LogP contribution >= 0.6 is 0 Å². The maximum Gasteiger partial charge on any atom is 0.152 e. The predicted molar refractivity (Wildman–Crippen MR) is 96.1 cm³/mol. The quantitative estimate of drug-likeness (QED) is 0.523. The zero-order valence-corrected chi connectivity index (χ0v) is 13.6. The summed E-state index contributed by atoms with van der Waals surface area (Å²) >= 11 is 0. The van der Waals surface area contributed by atoms with E-state index in [1.807, 2.05) is 36.4 Å². The lowest BCUT2D eigenvalue weighted by atomic mass is 10.0. The molecule has 5 rings (SSSR count). The third kappa shape index (κ3) is 2.35. The minimum Gasteiger partial charge on any atom is -0.463 e. The minimum atomic E-state index is -0.357. The number of aromatic amines is 1. The Morgan fingerprint density at radius 2 is 2.00 bits per heavy atom. The van der Waals surface area contributed by atoms with Crippen LogP contribution in [0.1, 0.15) is 11.3 Å². The van der Waals surface area contributed by atoms with Gasteiger partial charge in [-0.3, -0.25) is 10.1 Å². The van der Waals surface area contributed by atoms with Gasteiger partial charge >= 0.3 is 0 Å². The zero-order chi connectivity index (χ0) is 17.5. The van der Waals surface area contributed by atoms with Crippen molar-refractivity contribution in [1.29, 1.82) is 0 Å². The summed E-state index contributed by atoms with van der Waals surface area (Å²) in [5.74, 6) is 0.260. The van der Waals surface area contributed by atoms with Gasteiger partial charge in [0.25, 0.3) is 0 Å². The molecule has 0 atom stereocenters. The van der Waals surface area contributed by atoms with Crippen LogP contribution in [0.15, 0.2) is 65.5 Å². The van der Waals surface area contributed by atoms with E-state index < -0.39 is 0 Å². The Labute approximate surface area is 147 Å². The van der Waals surface area contributed by atoms with Crippen molar-refractivity contribution in [3.8, 4) is 11.5 Å². The first-order valence-electron chi connectivity index (χ1n) is 8.18. The highest BCUT2D eigenvalue weighted by Gasteiger charge is 2.13. The van der Waals surface area contributed by atoms with E-state index in [0.29, 0.717) is 23.3 Å². The minimum absolute atomic E-state index is 0.357. The molecule has 0 amide bonds. The van der Waals surface area contributed by atoms with Gasteiger partial charge in [0.2, 0.25) is 0 Å². The highest BCUT2D eigenvalue weighted by Crippen LogP contribution is 2.30. The molecule has 0 bridgehead atoms. The van der Waals surface area contributed by atoms with Crippen molar-refractivity contribution in [2.45, 2.75) is 6.42 Å². The van der Waals surface area contributed by atoms with Gasteiger partial charge in [0.05, 0.1) is 18.2 Å². The highest BCUT2D eigenvalue weighted by molar-refractivity contribution is 5.94.